The zero-order chi connectivity index (χ0) is 13.0. The highest BCUT2D eigenvalue weighted by Crippen LogP contribution is 2.30. The van der Waals surface area contributed by atoms with E-state index >= 15 is 0 Å². The van der Waals surface area contributed by atoms with Crippen molar-refractivity contribution in [2.24, 2.45) is 0 Å². The van der Waals surface area contributed by atoms with Gasteiger partial charge in [-0.25, -0.2) is 4.39 Å². The molecule has 1 aromatic heterocycles. The molecule has 18 heavy (non-hydrogen) atoms. The number of rotatable bonds is 4. The number of thiophene rings is 1. The number of esters is 1. The van der Waals surface area contributed by atoms with Crippen LogP contribution in [0.3, 0.4) is 0 Å². The molecule has 0 N–H and O–H groups in total. The van der Waals surface area contributed by atoms with Gasteiger partial charge in [-0.05, 0) is 24.6 Å². The van der Waals surface area contributed by atoms with Crippen molar-refractivity contribution in [3.05, 3.63) is 47.1 Å². The van der Waals surface area contributed by atoms with Crippen LogP contribution in [0.15, 0.2) is 36.4 Å². The molecule has 0 amide bonds. The van der Waals surface area contributed by atoms with E-state index in [1.807, 2.05) is 18.2 Å². The van der Waals surface area contributed by atoms with Gasteiger partial charge in [0.1, 0.15) is 5.82 Å². The number of hydrogen-bond donors (Lipinski definition) is 0. The summed E-state index contributed by atoms with van der Waals surface area (Å²) in [4.78, 5) is 13.0. The second-order valence-electron chi connectivity index (χ2n) is 3.82. The Morgan fingerprint density at radius 3 is 2.78 bits per heavy atom. The molecule has 0 aliphatic rings. The monoisotopic (exact) mass is 264 g/mol. The fraction of sp³-hybridized carbons (Fsp3) is 0.214. The van der Waals surface area contributed by atoms with Crippen LogP contribution >= 0.6 is 11.3 Å². The molecule has 1 heterocycles. The first-order valence-corrected chi connectivity index (χ1v) is 6.43. The maximum atomic E-state index is 13.6. The predicted molar refractivity (Wildman–Crippen MR) is 70.1 cm³/mol. The van der Waals surface area contributed by atoms with Crippen molar-refractivity contribution in [2.75, 3.05) is 7.11 Å². The van der Waals surface area contributed by atoms with E-state index in [-0.39, 0.29) is 11.8 Å². The quantitative estimate of drug-likeness (QED) is 0.788. The van der Waals surface area contributed by atoms with E-state index in [0.29, 0.717) is 18.4 Å². The molecule has 0 unspecified atom stereocenters. The molecule has 94 valence electrons. The van der Waals surface area contributed by atoms with Crippen LogP contribution < -0.4 is 0 Å². The molecule has 0 aliphatic heterocycles. The highest BCUT2D eigenvalue weighted by atomic mass is 32.1. The summed E-state index contributed by atoms with van der Waals surface area (Å²) in [6.45, 7) is 0. The molecule has 2 rings (SSSR count). The number of aryl methyl sites for hydroxylation is 1. The van der Waals surface area contributed by atoms with E-state index in [4.69, 9.17) is 0 Å². The Balaban J connectivity index is 2.11. The van der Waals surface area contributed by atoms with Crippen molar-refractivity contribution >= 4 is 17.3 Å². The molecule has 0 fully saturated rings. The third-order valence-corrected chi connectivity index (χ3v) is 3.78. The molecule has 1 aromatic carbocycles. The first-order chi connectivity index (χ1) is 8.70. The van der Waals surface area contributed by atoms with Gasteiger partial charge >= 0.3 is 5.97 Å². The number of ether oxygens (including phenoxy) is 1. The summed E-state index contributed by atoms with van der Waals surface area (Å²) in [5.74, 6) is -0.449. The van der Waals surface area contributed by atoms with Gasteiger partial charge in [0.05, 0.1) is 13.5 Å². The van der Waals surface area contributed by atoms with Crippen LogP contribution in [0.1, 0.15) is 11.3 Å². The molecule has 2 nitrogen and oxygen atoms in total. The van der Waals surface area contributed by atoms with Crippen LogP contribution in [0.25, 0.3) is 10.4 Å². The molecule has 0 bridgehead atoms. The molecule has 0 aliphatic carbocycles. The van der Waals surface area contributed by atoms with Crippen LogP contribution in [-0.4, -0.2) is 13.1 Å². The maximum Gasteiger partial charge on any atom is 0.305 e. The van der Waals surface area contributed by atoms with Crippen LogP contribution in [0, 0.1) is 5.82 Å². The van der Waals surface area contributed by atoms with Gasteiger partial charge in [-0.1, -0.05) is 18.2 Å². The Morgan fingerprint density at radius 1 is 1.28 bits per heavy atom. The van der Waals surface area contributed by atoms with Crippen molar-refractivity contribution in [1.29, 1.82) is 0 Å². The summed E-state index contributed by atoms with van der Waals surface area (Å²) in [7, 11) is 1.38. The minimum absolute atomic E-state index is 0.223. The molecular weight excluding hydrogens is 251 g/mol. The minimum Gasteiger partial charge on any atom is -0.469 e. The zero-order valence-electron chi connectivity index (χ0n) is 9.98. The normalized spacial score (nSPS) is 10.3. The lowest BCUT2D eigenvalue weighted by atomic mass is 10.2. The number of carbonyl (C=O) groups is 1. The first kappa shape index (κ1) is 12.8. The van der Waals surface area contributed by atoms with Crippen molar-refractivity contribution < 1.29 is 13.9 Å². The van der Waals surface area contributed by atoms with Gasteiger partial charge in [0, 0.05) is 15.3 Å². The highest BCUT2D eigenvalue weighted by molar-refractivity contribution is 7.15. The number of hydrogen-bond acceptors (Lipinski definition) is 3. The van der Waals surface area contributed by atoms with Gasteiger partial charge in [0.15, 0.2) is 0 Å². The van der Waals surface area contributed by atoms with Crippen LogP contribution in [0.5, 0.6) is 0 Å². The second-order valence-corrected chi connectivity index (χ2v) is 4.99. The SMILES string of the molecule is COC(=O)CCc1ccc(-c2ccccc2F)s1. The summed E-state index contributed by atoms with van der Waals surface area (Å²) in [5.41, 5.74) is 0.604. The summed E-state index contributed by atoms with van der Waals surface area (Å²) in [5, 5.41) is 0. The zero-order valence-corrected chi connectivity index (χ0v) is 10.8. The lowest BCUT2D eigenvalue weighted by Crippen LogP contribution is -2.00. The Hall–Kier alpha value is -1.68. The molecule has 0 spiro atoms. The van der Waals surface area contributed by atoms with Gasteiger partial charge in [-0.15, -0.1) is 11.3 Å². The minimum atomic E-state index is -0.226. The highest BCUT2D eigenvalue weighted by Gasteiger charge is 2.08. The van der Waals surface area contributed by atoms with Gasteiger partial charge in [0.25, 0.3) is 0 Å². The van der Waals surface area contributed by atoms with E-state index in [1.54, 1.807) is 12.1 Å². The van der Waals surface area contributed by atoms with Crippen molar-refractivity contribution in [3.63, 3.8) is 0 Å². The summed E-state index contributed by atoms with van der Waals surface area (Å²) < 4.78 is 18.2. The Kier molecular flexibility index (Phi) is 4.10. The van der Waals surface area contributed by atoms with E-state index in [2.05, 4.69) is 4.74 Å². The molecule has 0 saturated carbocycles. The standard InChI is InChI=1S/C14H13FO2S/c1-17-14(16)9-7-10-6-8-13(18-10)11-4-2-3-5-12(11)15/h2-6,8H,7,9H2,1H3. The fourth-order valence-electron chi connectivity index (χ4n) is 1.65. The lowest BCUT2D eigenvalue weighted by Gasteiger charge is -1.99. The Labute approximate surface area is 109 Å². The van der Waals surface area contributed by atoms with E-state index in [9.17, 15) is 9.18 Å². The van der Waals surface area contributed by atoms with Crippen molar-refractivity contribution in [1.82, 2.24) is 0 Å². The Bertz CT molecular complexity index is 548. The van der Waals surface area contributed by atoms with Gasteiger partial charge < -0.3 is 4.74 Å². The molecule has 2 aromatic rings. The number of benzene rings is 1. The third-order valence-electron chi connectivity index (χ3n) is 2.60. The number of carbonyl (C=O) groups excluding carboxylic acids is 1. The third kappa shape index (κ3) is 2.96. The average Bonchev–Trinajstić information content (AvgIpc) is 2.85. The fourth-order valence-corrected chi connectivity index (χ4v) is 2.68. The number of halogens is 1. The summed E-state index contributed by atoms with van der Waals surface area (Å²) in [6, 6.07) is 10.5. The summed E-state index contributed by atoms with van der Waals surface area (Å²) >= 11 is 1.50. The van der Waals surface area contributed by atoms with Crippen LogP contribution in [0.2, 0.25) is 0 Å². The van der Waals surface area contributed by atoms with Gasteiger partial charge in [-0.2, -0.15) is 0 Å². The average molecular weight is 264 g/mol. The molecule has 4 heteroatoms. The van der Waals surface area contributed by atoms with E-state index in [1.165, 1.54) is 24.5 Å². The number of methoxy groups -OCH3 is 1. The molecular formula is C14H13FO2S. The molecule has 0 radical (unpaired) electrons. The van der Waals surface area contributed by atoms with Crippen LogP contribution in [0.4, 0.5) is 4.39 Å². The van der Waals surface area contributed by atoms with Crippen molar-refractivity contribution in [3.8, 4) is 10.4 Å². The summed E-state index contributed by atoms with van der Waals surface area (Å²) in [6.07, 6.45) is 0.986. The molecule has 0 atom stereocenters. The van der Waals surface area contributed by atoms with E-state index in [0.717, 1.165) is 9.75 Å². The maximum absolute atomic E-state index is 13.6. The van der Waals surface area contributed by atoms with Crippen LogP contribution in [-0.2, 0) is 16.0 Å². The largest absolute Gasteiger partial charge is 0.469 e. The molecule has 0 saturated heterocycles. The lowest BCUT2D eigenvalue weighted by molar-refractivity contribution is -0.140. The van der Waals surface area contributed by atoms with Crippen molar-refractivity contribution in [2.45, 2.75) is 12.8 Å². The van der Waals surface area contributed by atoms with E-state index < -0.39 is 0 Å². The Morgan fingerprint density at radius 2 is 2.06 bits per heavy atom. The second kappa shape index (κ2) is 5.78. The smallest absolute Gasteiger partial charge is 0.305 e. The first-order valence-electron chi connectivity index (χ1n) is 5.61. The topological polar surface area (TPSA) is 26.3 Å². The van der Waals surface area contributed by atoms with Gasteiger partial charge in [-0.3, -0.25) is 4.79 Å². The van der Waals surface area contributed by atoms with Gasteiger partial charge in [0.2, 0.25) is 0 Å². The predicted octanol–water partition coefficient (Wildman–Crippen LogP) is 3.66.